The number of halogens is 1. The minimum absolute atomic E-state index is 0.116. The summed E-state index contributed by atoms with van der Waals surface area (Å²) >= 11 is 0. The molecule has 2 aliphatic heterocycles. The van der Waals surface area contributed by atoms with E-state index in [2.05, 4.69) is 20.1 Å². The number of H-pyrrole nitrogens is 1. The first kappa shape index (κ1) is 30.8. The number of anilines is 1. The zero-order valence-corrected chi connectivity index (χ0v) is 26.5. The first-order chi connectivity index (χ1) is 22.9. The Kier molecular flexibility index (Phi) is 8.86. The predicted molar refractivity (Wildman–Crippen MR) is 180 cm³/mol. The highest BCUT2D eigenvalue weighted by molar-refractivity contribution is 5.96. The van der Waals surface area contributed by atoms with Crippen LogP contribution in [0.15, 0.2) is 79.1 Å². The van der Waals surface area contributed by atoms with E-state index in [0.717, 1.165) is 86.5 Å². The lowest BCUT2D eigenvalue weighted by atomic mass is 9.96. The zero-order valence-electron chi connectivity index (χ0n) is 26.5. The molecule has 2 fully saturated rings. The average Bonchev–Trinajstić information content (AvgIpc) is 3.53. The van der Waals surface area contributed by atoms with Crippen LogP contribution in [0.4, 0.5) is 10.1 Å². The number of fused-ring (bicyclic) bond motifs is 1. The van der Waals surface area contributed by atoms with Crippen LogP contribution in [0.2, 0.25) is 0 Å². The first-order valence-corrected chi connectivity index (χ1v) is 16.3. The molecule has 1 amide bonds. The van der Waals surface area contributed by atoms with Crippen LogP contribution >= 0.6 is 0 Å². The van der Waals surface area contributed by atoms with E-state index in [1.807, 2.05) is 55.7 Å². The van der Waals surface area contributed by atoms with Crippen molar-refractivity contribution in [1.82, 2.24) is 25.2 Å². The molecule has 9 nitrogen and oxygen atoms in total. The van der Waals surface area contributed by atoms with E-state index in [1.54, 1.807) is 12.1 Å². The van der Waals surface area contributed by atoms with Crippen molar-refractivity contribution in [3.8, 4) is 17.1 Å². The van der Waals surface area contributed by atoms with E-state index < -0.39 is 11.9 Å². The Morgan fingerprint density at radius 1 is 1.02 bits per heavy atom. The van der Waals surface area contributed by atoms with Crippen LogP contribution in [0, 0.1) is 18.7 Å². The monoisotopic (exact) mass is 634 g/mol. The molecule has 0 aliphatic carbocycles. The summed E-state index contributed by atoms with van der Waals surface area (Å²) in [5.74, 6) is 0.225. The smallest absolute Gasteiger partial charge is 0.252 e. The van der Waals surface area contributed by atoms with Crippen LogP contribution in [0.1, 0.15) is 46.1 Å². The molecule has 2 saturated heterocycles. The summed E-state index contributed by atoms with van der Waals surface area (Å²) in [6.07, 6.45) is 6.02. The van der Waals surface area contributed by atoms with E-state index >= 15 is 0 Å². The summed E-state index contributed by atoms with van der Waals surface area (Å²) in [7, 11) is 0. The Hall–Kier alpha value is -4.80. The van der Waals surface area contributed by atoms with Gasteiger partial charge in [-0.15, -0.1) is 0 Å². The number of rotatable bonds is 8. The van der Waals surface area contributed by atoms with Gasteiger partial charge in [-0.05, 0) is 85.2 Å². The van der Waals surface area contributed by atoms with E-state index in [9.17, 15) is 14.3 Å². The maximum absolute atomic E-state index is 14.4. The molecule has 3 N–H and O–H groups in total. The normalized spacial score (nSPS) is 16.8. The number of phenols is 1. The second kappa shape index (κ2) is 13.5. The number of carbonyl (C=O) groups excluding carboxylic acids is 1. The number of aromatic nitrogens is 3. The molecule has 10 heteroatoms. The Labute approximate surface area is 273 Å². The van der Waals surface area contributed by atoms with Crippen molar-refractivity contribution >= 4 is 22.5 Å². The Morgan fingerprint density at radius 2 is 1.79 bits per heavy atom. The lowest BCUT2D eigenvalue weighted by molar-refractivity contribution is 0.0289. The highest BCUT2D eigenvalue weighted by Crippen LogP contribution is 2.32. The molecular formula is C37H39FN6O3. The fourth-order valence-electron chi connectivity index (χ4n) is 6.74. The Morgan fingerprint density at radius 3 is 2.55 bits per heavy atom. The van der Waals surface area contributed by atoms with Crippen LogP contribution in [-0.4, -0.2) is 76.8 Å². The van der Waals surface area contributed by atoms with E-state index in [4.69, 9.17) is 14.7 Å². The van der Waals surface area contributed by atoms with Crippen molar-refractivity contribution in [3.05, 3.63) is 107 Å². The third-order valence-corrected chi connectivity index (χ3v) is 9.27. The number of piperidine rings is 1. The Bertz CT molecular complexity index is 1830. The average molecular weight is 635 g/mol. The zero-order chi connectivity index (χ0) is 32.3. The van der Waals surface area contributed by atoms with Crippen LogP contribution in [0.3, 0.4) is 0 Å². The molecule has 4 heterocycles. The van der Waals surface area contributed by atoms with Gasteiger partial charge in [0, 0.05) is 60.6 Å². The van der Waals surface area contributed by atoms with Crippen molar-refractivity contribution in [2.45, 2.75) is 25.8 Å². The molecule has 242 valence electrons. The van der Waals surface area contributed by atoms with Gasteiger partial charge >= 0.3 is 0 Å². The molecule has 1 atom stereocenters. The molecule has 0 unspecified atom stereocenters. The molecule has 2 aromatic heterocycles. The number of aromatic amines is 1. The standard InChI is InChI=1S/C37H39FN6O3/c1-24-16-27(36-39-21-30(22-40-36)44-10-8-25(9-11-44)23-43-12-14-47-15-13-43)18-28(17-24)37(46)42-35(31-20-29(38)6-7-34(31)45)33-19-26-4-2-3-5-32(26)41-33/h2-7,16-22,25,35,41,45H,8-15,23H2,1H3,(H,42,46)/t35-/m1/s1. The molecule has 0 bridgehead atoms. The number of phenolic OH excluding ortho intramolecular Hbond substituents is 1. The number of nitrogens with one attached hydrogen (secondary N) is 2. The van der Waals surface area contributed by atoms with E-state index in [0.29, 0.717) is 23.0 Å². The quantitative estimate of drug-likeness (QED) is 0.197. The second-order valence-corrected chi connectivity index (χ2v) is 12.6. The number of aryl methyl sites for hydroxylation is 1. The van der Waals surface area contributed by atoms with Gasteiger partial charge in [0.1, 0.15) is 11.6 Å². The SMILES string of the molecule is Cc1cc(C(=O)N[C@@H](c2cc3ccccc3[nH]2)c2cc(F)ccc2O)cc(-c2ncc(N3CCC(CN4CCOCC4)CC3)cn2)c1. The summed E-state index contributed by atoms with van der Waals surface area (Å²) in [5, 5.41) is 14.7. The Balaban J connectivity index is 1.08. The minimum atomic E-state index is -0.830. The van der Waals surface area contributed by atoms with Crippen LogP contribution < -0.4 is 10.2 Å². The second-order valence-electron chi connectivity index (χ2n) is 12.6. The molecule has 7 rings (SSSR count). The van der Waals surface area contributed by atoms with Gasteiger partial charge in [0.2, 0.25) is 0 Å². The van der Waals surface area contributed by atoms with Crippen molar-refractivity contribution < 1.29 is 19.0 Å². The molecule has 0 spiro atoms. The molecule has 0 saturated carbocycles. The largest absolute Gasteiger partial charge is 0.508 e. The molecule has 5 aromatic rings. The van der Waals surface area contributed by atoms with Gasteiger partial charge in [-0.2, -0.15) is 0 Å². The molecular weight excluding hydrogens is 595 g/mol. The number of hydrogen-bond acceptors (Lipinski definition) is 7. The number of morpholine rings is 1. The fourth-order valence-corrected chi connectivity index (χ4v) is 6.74. The highest BCUT2D eigenvalue weighted by atomic mass is 19.1. The maximum Gasteiger partial charge on any atom is 0.252 e. The van der Waals surface area contributed by atoms with Crippen molar-refractivity contribution in [2.24, 2.45) is 5.92 Å². The summed E-state index contributed by atoms with van der Waals surface area (Å²) in [6, 6.07) is 18.0. The number of nitrogens with zero attached hydrogens (tertiary/aromatic N) is 4. The number of carbonyl (C=O) groups is 1. The van der Waals surface area contributed by atoms with Crippen molar-refractivity contribution in [3.63, 3.8) is 0 Å². The molecule has 3 aromatic carbocycles. The fraction of sp³-hybridized carbons (Fsp3) is 0.324. The van der Waals surface area contributed by atoms with Gasteiger partial charge in [-0.1, -0.05) is 18.2 Å². The number of para-hydroxylation sites is 1. The molecule has 47 heavy (non-hydrogen) atoms. The lowest BCUT2D eigenvalue weighted by Crippen LogP contribution is -2.43. The van der Waals surface area contributed by atoms with Crippen LogP contribution in [0.25, 0.3) is 22.3 Å². The highest BCUT2D eigenvalue weighted by Gasteiger charge is 2.25. The van der Waals surface area contributed by atoms with Gasteiger partial charge < -0.3 is 25.0 Å². The van der Waals surface area contributed by atoms with Gasteiger partial charge in [0.15, 0.2) is 5.82 Å². The van der Waals surface area contributed by atoms with E-state index in [-0.39, 0.29) is 17.2 Å². The first-order valence-electron chi connectivity index (χ1n) is 16.3. The number of aromatic hydroxyl groups is 1. The van der Waals surface area contributed by atoms with Gasteiger partial charge in [-0.25, -0.2) is 14.4 Å². The van der Waals surface area contributed by atoms with Gasteiger partial charge in [0.25, 0.3) is 5.91 Å². The number of hydrogen-bond donors (Lipinski definition) is 3. The maximum atomic E-state index is 14.4. The van der Waals surface area contributed by atoms with Crippen molar-refractivity contribution in [1.29, 1.82) is 0 Å². The third-order valence-electron chi connectivity index (χ3n) is 9.27. The van der Waals surface area contributed by atoms with Gasteiger partial charge in [0.05, 0.1) is 37.3 Å². The minimum Gasteiger partial charge on any atom is -0.508 e. The van der Waals surface area contributed by atoms with E-state index in [1.165, 1.54) is 18.2 Å². The van der Waals surface area contributed by atoms with Gasteiger partial charge in [-0.3, -0.25) is 9.69 Å². The lowest BCUT2D eigenvalue weighted by Gasteiger charge is -2.36. The van der Waals surface area contributed by atoms with Crippen LogP contribution in [-0.2, 0) is 4.74 Å². The van der Waals surface area contributed by atoms with Crippen molar-refractivity contribution in [2.75, 3.05) is 50.8 Å². The summed E-state index contributed by atoms with van der Waals surface area (Å²) < 4.78 is 19.9. The summed E-state index contributed by atoms with van der Waals surface area (Å²) in [6.45, 7) is 8.74. The number of benzene rings is 3. The summed E-state index contributed by atoms with van der Waals surface area (Å²) in [4.78, 5) is 31.4. The van der Waals surface area contributed by atoms with Crippen LogP contribution in [0.5, 0.6) is 5.75 Å². The number of amides is 1. The topological polar surface area (TPSA) is 107 Å². The number of ether oxygens (including phenoxy) is 1. The molecule has 0 radical (unpaired) electrons. The third kappa shape index (κ3) is 6.99. The summed E-state index contributed by atoms with van der Waals surface area (Å²) in [5.41, 5.74) is 4.75. The molecule has 2 aliphatic rings. The predicted octanol–water partition coefficient (Wildman–Crippen LogP) is 5.85.